The Labute approximate surface area is 127 Å². The smallest absolute Gasteiger partial charge is 0.263 e. The van der Waals surface area contributed by atoms with Gasteiger partial charge in [-0.1, -0.05) is 12.1 Å². The average molecular weight is 299 g/mol. The maximum absolute atomic E-state index is 12.0. The van der Waals surface area contributed by atoms with E-state index in [2.05, 4.69) is 17.6 Å². The van der Waals surface area contributed by atoms with Gasteiger partial charge in [-0.2, -0.15) is 0 Å². The van der Waals surface area contributed by atoms with Crippen molar-refractivity contribution in [3.63, 3.8) is 0 Å². The molecule has 0 unspecified atom stereocenters. The van der Waals surface area contributed by atoms with Crippen molar-refractivity contribution >= 4 is 28.3 Å². The predicted molar refractivity (Wildman–Crippen MR) is 86.7 cm³/mol. The minimum absolute atomic E-state index is 0.0328. The molecule has 0 bridgehead atoms. The molecule has 4 nitrogen and oxygen atoms in total. The number of nitrogens with zero attached hydrogens (tertiary/aromatic N) is 3. The molecule has 3 aromatic rings. The van der Waals surface area contributed by atoms with Crippen LogP contribution < -0.4 is 0 Å². The fourth-order valence-electron chi connectivity index (χ4n) is 2.38. The molecule has 3 rings (SSSR count). The molecule has 0 radical (unpaired) electrons. The van der Waals surface area contributed by atoms with Crippen molar-refractivity contribution in [3.8, 4) is 10.7 Å². The third-order valence-corrected chi connectivity index (χ3v) is 4.48. The second-order valence-corrected chi connectivity index (χ2v) is 6.12. The van der Waals surface area contributed by atoms with Gasteiger partial charge in [0.05, 0.1) is 20.8 Å². The third-order valence-electron chi connectivity index (χ3n) is 3.41. The largest absolute Gasteiger partial charge is 0.344 e. The van der Waals surface area contributed by atoms with Crippen LogP contribution >= 0.6 is 11.3 Å². The van der Waals surface area contributed by atoms with Gasteiger partial charge in [0.1, 0.15) is 0 Å². The molecule has 0 atom stereocenters. The molecule has 0 saturated heterocycles. The maximum atomic E-state index is 12.0. The number of amides is 1. The van der Waals surface area contributed by atoms with Gasteiger partial charge in [0, 0.05) is 20.6 Å². The maximum Gasteiger partial charge on any atom is 0.263 e. The Morgan fingerprint density at radius 1 is 1.24 bits per heavy atom. The van der Waals surface area contributed by atoms with Gasteiger partial charge in [-0.3, -0.25) is 4.79 Å². The fraction of sp³-hybridized carbons (Fsp3) is 0.250. The fourth-order valence-corrected chi connectivity index (χ4v) is 3.40. The lowest BCUT2D eigenvalue weighted by Crippen LogP contribution is -2.20. The van der Waals surface area contributed by atoms with Gasteiger partial charge in [0.15, 0.2) is 5.82 Å². The molecule has 0 aliphatic rings. The Hall–Kier alpha value is -2.14. The van der Waals surface area contributed by atoms with E-state index in [-0.39, 0.29) is 5.91 Å². The summed E-state index contributed by atoms with van der Waals surface area (Å²) in [5.41, 5.74) is 2.12. The SMILES string of the molecule is CCn1c(-c2ccc(C(=O)N(C)C)s2)nc2ccccc21. The molecule has 1 aromatic carbocycles. The normalized spacial score (nSPS) is 11.0. The van der Waals surface area contributed by atoms with E-state index in [9.17, 15) is 4.79 Å². The average Bonchev–Trinajstić information content (AvgIpc) is 3.10. The number of rotatable bonds is 3. The number of aryl methyl sites for hydroxylation is 1. The molecular formula is C16H17N3OS. The summed E-state index contributed by atoms with van der Waals surface area (Å²) in [7, 11) is 3.53. The molecule has 0 aliphatic heterocycles. The highest BCUT2D eigenvalue weighted by atomic mass is 32.1. The molecular weight excluding hydrogens is 282 g/mol. The van der Waals surface area contributed by atoms with Crippen LogP contribution in [0.3, 0.4) is 0 Å². The predicted octanol–water partition coefficient (Wildman–Crippen LogP) is 3.49. The van der Waals surface area contributed by atoms with Crippen molar-refractivity contribution < 1.29 is 4.79 Å². The highest BCUT2D eigenvalue weighted by molar-refractivity contribution is 7.17. The van der Waals surface area contributed by atoms with Crippen molar-refractivity contribution in [1.29, 1.82) is 0 Å². The lowest BCUT2D eigenvalue weighted by atomic mass is 10.3. The van der Waals surface area contributed by atoms with Gasteiger partial charge in [0.2, 0.25) is 0 Å². The molecule has 21 heavy (non-hydrogen) atoms. The van der Waals surface area contributed by atoms with Crippen LogP contribution in [0, 0.1) is 0 Å². The zero-order valence-corrected chi connectivity index (χ0v) is 13.1. The number of aromatic nitrogens is 2. The molecule has 0 saturated carbocycles. The van der Waals surface area contributed by atoms with E-state index in [1.807, 2.05) is 30.3 Å². The van der Waals surface area contributed by atoms with Gasteiger partial charge >= 0.3 is 0 Å². The summed E-state index contributed by atoms with van der Waals surface area (Å²) in [4.78, 5) is 20.1. The number of benzene rings is 1. The molecule has 0 fully saturated rings. The second kappa shape index (κ2) is 5.33. The van der Waals surface area contributed by atoms with Gasteiger partial charge in [0.25, 0.3) is 5.91 Å². The molecule has 108 valence electrons. The Kier molecular flexibility index (Phi) is 3.51. The van der Waals surface area contributed by atoms with Crippen molar-refractivity contribution in [2.45, 2.75) is 13.5 Å². The Morgan fingerprint density at radius 2 is 2.00 bits per heavy atom. The highest BCUT2D eigenvalue weighted by Gasteiger charge is 2.16. The van der Waals surface area contributed by atoms with Crippen LogP contribution in [-0.2, 0) is 6.54 Å². The van der Waals surface area contributed by atoms with E-state index in [1.54, 1.807) is 19.0 Å². The number of para-hydroxylation sites is 2. The number of hydrogen-bond donors (Lipinski definition) is 0. The first-order valence-corrected chi connectivity index (χ1v) is 7.70. The molecule has 2 heterocycles. The van der Waals surface area contributed by atoms with Crippen LogP contribution in [0.5, 0.6) is 0 Å². The molecule has 1 amide bonds. The minimum Gasteiger partial charge on any atom is -0.344 e. The summed E-state index contributed by atoms with van der Waals surface area (Å²) in [6.45, 7) is 2.96. The van der Waals surface area contributed by atoms with E-state index in [1.165, 1.54) is 11.3 Å². The first kappa shape index (κ1) is 13.8. The third kappa shape index (κ3) is 2.34. The summed E-state index contributed by atoms with van der Waals surface area (Å²) in [6, 6.07) is 12.0. The lowest BCUT2D eigenvalue weighted by molar-refractivity contribution is 0.0832. The van der Waals surface area contributed by atoms with E-state index >= 15 is 0 Å². The van der Waals surface area contributed by atoms with Crippen molar-refractivity contribution in [2.75, 3.05) is 14.1 Å². The molecule has 5 heteroatoms. The molecule has 2 aromatic heterocycles. The molecule has 0 aliphatic carbocycles. The topological polar surface area (TPSA) is 38.1 Å². The summed E-state index contributed by atoms with van der Waals surface area (Å²) in [5.74, 6) is 0.965. The Bertz CT molecular complexity index is 801. The summed E-state index contributed by atoms with van der Waals surface area (Å²) in [5, 5.41) is 0. The standard InChI is InChI=1S/C16H17N3OS/c1-4-19-12-8-6-5-7-11(12)17-15(19)13-9-10-14(21-13)16(20)18(2)3/h5-10H,4H2,1-3H3. The van der Waals surface area contributed by atoms with Crippen molar-refractivity contribution in [3.05, 3.63) is 41.3 Å². The van der Waals surface area contributed by atoms with E-state index < -0.39 is 0 Å². The molecule has 0 N–H and O–H groups in total. The van der Waals surface area contributed by atoms with Gasteiger partial charge in [-0.05, 0) is 31.2 Å². The van der Waals surface area contributed by atoms with E-state index in [0.29, 0.717) is 0 Å². The number of carbonyl (C=O) groups excluding carboxylic acids is 1. The Balaban J connectivity index is 2.10. The highest BCUT2D eigenvalue weighted by Crippen LogP contribution is 2.30. The van der Waals surface area contributed by atoms with Crippen LogP contribution in [-0.4, -0.2) is 34.5 Å². The van der Waals surface area contributed by atoms with Crippen molar-refractivity contribution in [2.24, 2.45) is 0 Å². The zero-order chi connectivity index (χ0) is 15.0. The second-order valence-electron chi connectivity index (χ2n) is 5.03. The monoisotopic (exact) mass is 299 g/mol. The first-order chi connectivity index (χ1) is 10.1. The van der Waals surface area contributed by atoms with E-state index in [0.717, 1.165) is 33.2 Å². The summed E-state index contributed by atoms with van der Waals surface area (Å²) < 4.78 is 2.19. The lowest BCUT2D eigenvalue weighted by Gasteiger charge is -2.07. The molecule has 0 spiro atoms. The summed E-state index contributed by atoms with van der Waals surface area (Å²) in [6.07, 6.45) is 0. The zero-order valence-electron chi connectivity index (χ0n) is 12.3. The van der Waals surface area contributed by atoms with Crippen LogP contribution in [0.25, 0.3) is 21.7 Å². The van der Waals surface area contributed by atoms with Crippen LogP contribution in [0.15, 0.2) is 36.4 Å². The quantitative estimate of drug-likeness (QED) is 0.742. The number of imidazole rings is 1. The van der Waals surface area contributed by atoms with Crippen LogP contribution in [0.4, 0.5) is 0 Å². The number of fused-ring (bicyclic) bond motifs is 1. The number of carbonyl (C=O) groups is 1. The minimum atomic E-state index is 0.0328. The van der Waals surface area contributed by atoms with E-state index in [4.69, 9.17) is 4.98 Å². The Morgan fingerprint density at radius 3 is 2.71 bits per heavy atom. The van der Waals surface area contributed by atoms with Crippen molar-refractivity contribution in [1.82, 2.24) is 14.5 Å². The van der Waals surface area contributed by atoms with Crippen LogP contribution in [0.1, 0.15) is 16.6 Å². The van der Waals surface area contributed by atoms with Gasteiger partial charge < -0.3 is 9.47 Å². The summed E-state index contributed by atoms with van der Waals surface area (Å²) >= 11 is 1.49. The van der Waals surface area contributed by atoms with Crippen LogP contribution in [0.2, 0.25) is 0 Å². The number of hydrogen-bond acceptors (Lipinski definition) is 3. The number of thiophene rings is 1. The van der Waals surface area contributed by atoms with Gasteiger partial charge in [-0.15, -0.1) is 11.3 Å². The first-order valence-electron chi connectivity index (χ1n) is 6.89. The van der Waals surface area contributed by atoms with Gasteiger partial charge in [-0.25, -0.2) is 4.98 Å².